The van der Waals surface area contributed by atoms with Crippen LogP contribution in [0.25, 0.3) is 22.0 Å². The van der Waals surface area contributed by atoms with E-state index in [1.165, 1.54) is 14.0 Å². The molecule has 7 rings (SSSR count). The average Bonchev–Trinajstić information content (AvgIpc) is 3.35. The number of nitrogens with one attached hydrogen (secondary N) is 2. The number of piperidine rings is 1. The number of anilines is 1. The van der Waals surface area contributed by atoms with Gasteiger partial charge in [0.2, 0.25) is 17.7 Å². The van der Waals surface area contributed by atoms with Crippen molar-refractivity contribution in [2.45, 2.75) is 84.3 Å². The molecule has 1 unspecified atom stereocenters. The van der Waals surface area contributed by atoms with Gasteiger partial charge in [0.15, 0.2) is 5.78 Å². The highest BCUT2D eigenvalue weighted by Crippen LogP contribution is 2.64. The predicted octanol–water partition coefficient (Wildman–Crippen LogP) is 5.04. The number of aryl methyl sites for hydroxylation is 2. The number of nitrogens with zero attached hydrogens (tertiary/aromatic N) is 6. The Hall–Kier alpha value is -4.72. The molecule has 0 radical (unpaired) electrons. The van der Waals surface area contributed by atoms with Crippen molar-refractivity contribution in [3.63, 3.8) is 0 Å². The Bertz CT molecular complexity index is 2050. The molecule has 1 saturated heterocycles. The molecule has 1 saturated carbocycles. The van der Waals surface area contributed by atoms with Crippen molar-refractivity contribution < 1.29 is 23.9 Å². The highest BCUT2D eigenvalue weighted by atomic mass is 79.9. The first-order valence-electron chi connectivity index (χ1n) is 17.4. The number of amides is 3. The van der Waals surface area contributed by atoms with Crippen LogP contribution in [0.3, 0.4) is 0 Å². The maximum absolute atomic E-state index is 14.6. The van der Waals surface area contributed by atoms with Crippen LogP contribution in [-0.4, -0.2) is 78.9 Å². The number of methoxy groups -OCH3 is 1. The number of hydrogen-bond acceptors (Lipinski definition) is 9. The molecule has 3 amide bonds. The summed E-state index contributed by atoms with van der Waals surface area (Å²) in [4.78, 5) is 69.5. The molecule has 51 heavy (non-hydrogen) atoms. The quantitative estimate of drug-likeness (QED) is 0.210. The lowest BCUT2D eigenvalue weighted by Gasteiger charge is -2.28. The molecule has 0 spiro atoms. The number of rotatable bonds is 5. The van der Waals surface area contributed by atoms with Crippen LogP contribution in [0.1, 0.15) is 74.2 Å². The molecule has 13 nitrogen and oxygen atoms in total. The van der Waals surface area contributed by atoms with Gasteiger partial charge >= 0.3 is 0 Å². The smallest absolute Gasteiger partial charge is 0.248 e. The largest absolute Gasteiger partial charge is 0.497 e. The number of ketones is 1. The lowest BCUT2D eigenvalue weighted by molar-refractivity contribution is -0.139. The van der Waals surface area contributed by atoms with Gasteiger partial charge in [-0.1, -0.05) is 19.8 Å². The first kappa shape index (κ1) is 34.7. The normalized spacial score (nSPS) is 23.7. The number of ether oxygens (including phenoxy) is 1. The maximum atomic E-state index is 14.6. The van der Waals surface area contributed by atoms with Gasteiger partial charge in [0.05, 0.1) is 12.6 Å². The maximum Gasteiger partial charge on any atom is 0.248 e. The molecule has 3 aliphatic rings. The molecule has 2 bridgehead atoms. The number of hydrogen-bond donors (Lipinski definition) is 2. The summed E-state index contributed by atoms with van der Waals surface area (Å²) in [6.07, 6.45) is 8.45. The number of halogens is 1. The molecule has 1 aromatic carbocycles. The predicted molar refractivity (Wildman–Crippen MR) is 193 cm³/mol. The van der Waals surface area contributed by atoms with Crippen molar-refractivity contribution in [2.75, 3.05) is 19.0 Å². The van der Waals surface area contributed by atoms with Gasteiger partial charge in [-0.05, 0) is 77.7 Å². The summed E-state index contributed by atoms with van der Waals surface area (Å²) in [6, 6.07) is 6.22. The molecule has 5 heterocycles. The summed E-state index contributed by atoms with van der Waals surface area (Å²) in [5, 5.41) is 11.4. The zero-order valence-corrected chi connectivity index (χ0v) is 30.7. The van der Waals surface area contributed by atoms with Crippen molar-refractivity contribution in [2.24, 2.45) is 11.3 Å². The number of carbonyl (C=O) groups excluding carboxylic acids is 4. The van der Waals surface area contributed by atoms with E-state index in [2.05, 4.69) is 54.5 Å². The Labute approximate surface area is 304 Å². The molecule has 4 aromatic rings. The van der Waals surface area contributed by atoms with E-state index in [9.17, 15) is 19.2 Å². The summed E-state index contributed by atoms with van der Waals surface area (Å²) in [5.74, 6) is 0.615. The minimum absolute atomic E-state index is 0.0191. The third kappa shape index (κ3) is 6.61. The number of aromatic nitrogens is 5. The highest BCUT2D eigenvalue weighted by molar-refractivity contribution is 9.10. The van der Waals surface area contributed by atoms with Crippen molar-refractivity contribution in [1.82, 2.24) is 34.9 Å². The van der Waals surface area contributed by atoms with Crippen LogP contribution in [0.4, 0.5) is 5.82 Å². The first-order chi connectivity index (χ1) is 24.5. The number of pyridine rings is 1. The molecule has 2 aliphatic heterocycles. The average molecular weight is 758 g/mol. The molecular weight excluding hydrogens is 716 g/mol. The van der Waals surface area contributed by atoms with Crippen molar-refractivity contribution in [3.8, 4) is 16.9 Å². The zero-order chi connectivity index (χ0) is 36.0. The van der Waals surface area contributed by atoms with E-state index in [4.69, 9.17) is 9.84 Å². The summed E-state index contributed by atoms with van der Waals surface area (Å²) in [6.45, 7) is 5.59. The molecule has 2 N–H and O–H groups in total. The van der Waals surface area contributed by atoms with E-state index in [0.717, 1.165) is 47.9 Å². The fraction of sp³-hybridized carbons (Fsp3) is 0.459. The van der Waals surface area contributed by atoms with E-state index in [1.807, 2.05) is 13.0 Å². The van der Waals surface area contributed by atoms with Crippen LogP contribution in [0.2, 0.25) is 0 Å². The van der Waals surface area contributed by atoms with E-state index in [1.54, 1.807) is 34.1 Å². The van der Waals surface area contributed by atoms with E-state index >= 15 is 0 Å². The van der Waals surface area contributed by atoms with Crippen LogP contribution >= 0.6 is 15.9 Å². The van der Waals surface area contributed by atoms with Gasteiger partial charge in [0.1, 0.15) is 40.3 Å². The second-order valence-corrected chi connectivity index (χ2v) is 14.8. The van der Waals surface area contributed by atoms with Gasteiger partial charge in [0, 0.05) is 66.8 Å². The topological polar surface area (TPSA) is 161 Å². The van der Waals surface area contributed by atoms with Gasteiger partial charge in [-0.15, -0.1) is 0 Å². The second-order valence-electron chi connectivity index (χ2n) is 14.0. The van der Waals surface area contributed by atoms with Gasteiger partial charge in [-0.2, -0.15) is 5.10 Å². The van der Waals surface area contributed by atoms with E-state index in [-0.39, 0.29) is 53.5 Å². The van der Waals surface area contributed by atoms with Crippen LogP contribution in [0.5, 0.6) is 5.75 Å². The number of carbonyl (C=O) groups is 4. The van der Waals surface area contributed by atoms with Crippen LogP contribution in [0, 0.1) is 18.3 Å². The summed E-state index contributed by atoms with van der Waals surface area (Å²) in [7, 11) is 1.53. The molecule has 4 atom stereocenters. The Morgan fingerprint density at radius 3 is 2.51 bits per heavy atom. The highest BCUT2D eigenvalue weighted by Gasteiger charge is 2.72. The Balaban J connectivity index is 1.30. The molecule has 1 aliphatic carbocycles. The van der Waals surface area contributed by atoms with Crippen LogP contribution in [-0.2, 0) is 27.3 Å². The molecule has 14 heteroatoms. The fourth-order valence-electron chi connectivity index (χ4n) is 8.09. The van der Waals surface area contributed by atoms with Gasteiger partial charge in [-0.3, -0.25) is 23.9 Å². The second kappa shape index (κ2) is 13.8. The Morgan fingerprint density at radius 1 is 1.04 bits per heavy atom. The Kier molecular flexibility index (Phi) is 9.38. The number of benzene rings is 1. The summed E-state index contributed by atoms with van der Waals surface area (Å²) < 4.78 is 7.48. The van der Waals surface area contributed by atoms with Gasteiger partial charge in [-0.25, -0.2) is 15.0 Å². The lowest BCUT2D eigenvalue weighted by Crippen LogP contribution is -2.47. The third-order valence-electron chi connectivity index (χ3n) is 10.8. The van der Waals surface area contributed by atoms with Crippen molar-refractivity contribution in [1.29, 1.82) is 0 Å². The van der Waals surface area contributed by atoms with Gasteiger partial charge in [0.25, 0.3) is 0 Å². The van der Waals surface area contributed by atoms with Crippen LogP contribution < -0.4 is 15.4 Å². The summed E-state index contributed by atoms with van der Waals surface area (Å²) >= 11 is 3.37. The minimum atomic E-state index is -0.817. The first-order valence-corrected chi connectivity index (χ1v) is 18.2. The zero-order valence-electron chi connectivity index (χ0n) is 29.2. The minimum Gasteiger partial charge on any atom is -0.497 e. The van der Waals surface area contributed by atoms with Crippen molar-refractivity contribution in [3.05, 3.63) is 58.3 Å². The van der Waals surface area contributed by atoms with Crippen molar-refractivity contribution >= 4 is 56.2 Å². The fourth-order valence-corrected chi connectivity index (χ4v) is 8.51. The van der Waals surface area contributed by atoms with E-state index in [0.29, 0.717) is 47.4 Å². The SMILES string of the molecule is COc1cc(Br)nc(NC(=O)[C@@H]2C[C@]34CNC(=O)CCCCCCc5cc(-c6cnc(C)nc6)cc6c(C(C)=O)nn(c56)CC(=O)N2C3[C@@H]4C)c1. The summed E-state index contributed by atoms with van der Waals surface area (Å²) in [5.41, 5.74) is 3.19. The molecule has 2 fully saturated rings. The molecule has 3 aromatic heterocycles. The Morgan fingerprint density at radius 2 is 1.78 bits per heavy atom. The molecule has 266 valence electrons. The lowest BCUT2D eigenvalue weighted by atomic mass is 9.95. The van der Waals surface area contributed by atoms with Gasteiger partial charge < -0.3 is 20.3 Å². The van der Waals surface area contributed by atoms with E-state index < -0.39 is 11.5 Å². The van der Waals surface area contributed by atoms with Crippen LogP contribution in [0.15, 0.2) is 41.3 Å². The number of Topliss-reactive ketones (excluding diaryl/α,β-unsaturated/α-hetero) is 1. The monoisotopic (exact) mass is 756 g/mol. The standard InChI is InChI=1S/C37H41BrN8O5/c1-20-35-37(20)15-28(36(50)43-30-14-26(51-4)13-29(38)42-30)46(35)32(49)18-45-34-23(9-7-5-6-8-10-31(48)41-19-37)11-24(25-16-39-22(3)40-17-25)12-27(34)33(44-45)21(2)47/h11-14,16-17,20,28,35H,5-10,15,18-19H2,1-4H3,(H,41,48)(H,42,43,50)/t20-,28-,35?,37+/m0/s1. The third-order valence-corrected chi connectivity index (χ3v) is 11.2. The molecular formula is C37H41BrN8O5.